The second kappa shape index (κ2) is 8.76. The highest BCUT2D eigenvalue weighted by Crippen LogP contribution is 2.38. The molecule has 3 aromatic carbocycles. The van der Waals surface area contributed by atoms with E-state index in [2.05, 4.69) is 18.2 Å². The van der Waals surface area contributed by atoms with Gasteiger partial charge in [0.15, 0.2) is 6.10 Å². The summed E-state index contributed by atoms with van der Waals surface area (Å²) < 4.78 is 7.14. The molecule has 3 nitrogen and oxygen atoms in total. The van der Waals surface area contributed by atoms with Gasteiger partial charge >= 0.3 is 5.97 Å². The molecule has 0 aliphatic carbocycles. The zero-order chi connectivity index (χ0) is 20.1. The van der Waals surface area contributed by atoms with Crippen molar-refractivity contribution in [2.45, 2.75) is 12.5 Å². The number of carboxylic acids is 1. The quantitative estimate of drug-likeness (QED) is 0.385. The highest BCUT2D eigenvalue weighted by atomic mass is 32.1. The van der Waals surface area contributed by atoms with Crippen LogP contribution in [-0.2, 0) is 4.79 Å². The van der Waals surface area contributed by atoms with Crippen molar-refractivity contribution in [3.05, 3.63) is 96.6 Å². The van der Waals surface area contributed by atoms with Gasteiger partial charge in [-0.2, -0.15) is 0 Å². The number of hydrogen-bond donors (Lipinski definition) is 1. The molecule has 1 N–H and O–H groups in total. The summed E-state index contributed by atoms with van der Waals surface area (Å²) in [4.78, 5) is 12.8. The molecular weight excluding hydrogens is 380 g/mol. The Morgan fingerprint density at radius 2 is 1.69 bits per heavy atom. The molecule has 0 aliphatic rings. The van der Waals surface area contributed by atoms with E-state index in [1.807, 2.05) is 78.9 Å². The molecule has 1 atom stereocenters. The highest BCUT2D eigenvalue weighted by Gasteiger charge is 2.20. The monoisotopic (exact) mass is 400 g/mol. The van der Waals surface area contributed by atoms with Gasteiger partial charge in [0.25, 0.3) is 0 Å². The summed E-state index contributed by atoms with van der Waals surface area (Å²) in [6, 6.07) is 27.7. The molecule has 4 rings (SSSR count). The Morgan fingerprint density at radius 3 is 2.48 bits per heavy atom. The van der Waals surface area contributed by atoms with Crippen molar-refractivity contribution < 1.29 is 14.6 Å². The third kappa shape index (κ3) is 4.55. The van der Waals surface area contributed by atoms with Gasteiger partial charge in [-0.1, -0.05) is 72.8 Å². The normalized spacial score (nSPS) is 12.3. The average molecular weight is 400 g/mol. The number of para-hydroxylation sites is 1. The average Bonchev–Trinajstić information content (AvgIpc) is 3.18. The van der Waals surface area contributed by atoms with E-state index >= 15 is 0 Å². The Balaban J connectivity index is 1.57. The lowest BCUT2D eigenvalue weighted by Crippen LogP contribution is -2.26. The van der Waals surface area contributed by atoms with Gasteiger partial charge in [0, 0.05) is 21.6 Å². The maximum Gasteiger partial charge on any atom is 0.345 e. The van der Waals surface area contributed by atoms with Crippen LogP contribution in [0.4, 0.5) is 0 Å². The number of carboxylic acid groups (broad SMARTS) is 1. The second-order valence-corrected chi connectivity index (χ2v) is 7.72. The van der Waals surface area contributed by atoms with Crippen LogP contribution in [-0.4, -0.2) is 17.2 Å². The third-order valence-electron chi connectivity index (χ3n) is 4.58. The molecule has 0 fully saturated rings. The van der Waals surface area contributed by atoms with Crippen LogP contribution in [0.1, 0.15) is 12.0 Å². The summed E-state index contributed by atoms with van der Waals surface area (Å²) in [6.07, 6.45) is 3.09. The molecular formula is C25H20O3S. The number of fused-ring (bicyclic) bond motifs is 1. The van der Waals surface area contributed by atoms with E-state index in [0.717, 1.165) is 16.0 Å². The summed E-state index contributed by atoms with van der Waals surface area (Å²) in [5.74, 6) is -0.395. The van der Waals surface area contributed by atoms with Crippen molar-refractivity contribution in [1.29, 1.82) is 0 Å². The molecule has 1 aromatic heterocycles. The predicted octanol–water partition coefficient (Wildman–Crippen LogP) is 6.50. The molecule has 4 aromatic rings. The number of ether oxygens (including phenoxy) is 1. The fourth-order valence-electron chi connectivity index (χ4n) is 3.13. The summed E-state index contributed by atoms with van der Waals surface area (Å²) >= 11 is 1.67. The molecule has 0 amide bonds. The van der Waals surface area contributed by atoms with Gasteiger partial charge in [-0.3, -0.25) is 0 Å². The van der Waals surface area contributed by atoms with E-state index in [0.29, 0.717) is 5.75 Å². The van der Waals surface area contributed by atoms with Crippen molar-refractivity contribution in [2.75, 3.05) is 0 Å². The smallest absolute Gasteiger partial charge is 0.345 e. The molecule has 0 saturated heterocycles. The molecule has 0 radical (unpaired) electrons. The van der Waals surface area contributed by atoms with Gasteiger partial charge in [-0.15, -0.1) is 11.3 Å². The molecule has 0 spiro atoms. The van der Waals surface area contributed by atoms with Gasteiger partial charge in [0.1, 0.15) is 5.75 Å². The minimum atomic E-state index is -0.978. The molecule has 29 heavy (non-hydrogen) atoms. The lowest BCUT2D eigenvalue weighted by molar-refractivity contribution is -0.144. The van der Waals surface area contributed by atoms with Gasteiger partial charge < -0.3 is 9.84 Å². The first-order valence-corrected chi connectivity index (χ1v) is 10.2. The molecule has 0 saturated carbocycles. The lowest BCUT2D eigenvalue weighted by Gasteiger charge is -2.16. The van der Waals surface area contributed by atoms with Crippen LogP contribution in [0.5, 0.6) is 5.75 Å². The van der Waals surface area contributed by atoms with Gasteiger partial charge in [0.2, 0.25) is 0 Å². The Bertz CT molecular complexity index is 1110. The van der Waals surface area contributed by atoms with Crippen molar-refractivity contribution >= 4 is 33.5 Å². The second-order valence-electron chi connectivity index (χ2n) is 6.64. The van der Waals surface area contributed by atoms with E-state index in [1.54, 1.807) is 11.3 Å². The first kappa shape index (κ1) is 19.0. The number of hydrogen-bond acceptors (Lipinski definition) is 3. The topological polar surface area (TPSA) is 46.5 Å². The zero-order valence-electron chi connectivity index (χ0n) is 15.7. The maximum atomic E-state index is 11.8. The fraction of sp³-hybridized carbons (Fsp3) is 0.0800. The third-order valence-corrected chi connectivity index (χ3v) is 5.73. The molecule has 0 aliphatic heterocycles. The first-order chi connectivity index (χ1) is 14.2. The molecule has 4 heteroatoms. The maximum absolute atomic E-state index is 11.8. The van der Waals surface area contributed by atoms with Crippen LogP contribution in [0.15, 0.2) is 91.0 Å². The number of benzene rings is 3. The van der Waals surface area contributed by atoms with Crippen molar-refractivity contribution in [3.8, 4) is 16.2 Å². The number of thiophene rings is 1. The Kier molecular flexibility index (Phi) is 5.73. The van der Waals surface area contributed by atoms with Crippen LogP contribution < -0.4 is 4.74 Å². The SMILES string of the molecule is O=C(O)C(CC=Cc1ccccc1)Oc1ccccc1-c1cc2ccccc2s1. The number of rotatable bonds is 7. The van der Waals surface area contributed by atoms with Crippen LogP contribution >= 0.6 is 11.3 Å². The summed E-state index contributed by atoms with van der Waals surface area (Å²) in [5, 5.41) is 10.8. The summed E-state index contributed by atoms with van der Waals surface area (Å²) in [7, 11) is 0. The van der Waals surface area contributed by atoms with Crippen molar-refractivity contribution in [1.82, 2.24) is 0 Å². The summed E-state index contributed by atoms with van der Waals surface area (Å²) in [5.41, 5.74) is 1.94. The van der Waals surface area contributed by atoms with E-state index in [9.17, 15) is 9.90 Å². The van der Waals surface area contributed by atoms with Gasteiger partial charge in [-0.25, -0.2) is 4.79 Å². The van der Waals surface area contributed by atoms with Crippen molar-refractivity contribution in [3.63, 3.8) is 0 Å². The largest absolute Gasteiger partial charge is 0.478 e. The molecule has 1 unspecified atom stereocenters. The Hall–Kier alpha value is -3.37. The van der Waals surface area contributed by atoms with E-state index in [1.165, 1.54) is 10.1 Å². The molecule has 1 heterocycles. The predicted molar refractivity (Wildman–Crippen MR) is 119 cm³/mol. The van der Waals surface area contributed by atoms with Gasteiger partial charge in [0.05, 0.1) is 0 Å². The zero-order valence-corrected chi connectivity index (χ0v) is 16.5. The fourth-order valence-corrected chi connectivity index (χ4v) is 4.22. The minimum absolute atomic E-state index is 0.283. The van der Waals surface area contributed by atoms with Crippen LogP contribution in [0.3, 0.4) is 0 Å². The molecule has 0 bridgehead atoms. The Labute approximate surface area is 173 Å². The lowest BCUT2D eigenvalue weighted by atomic mass is 10.1. The Morgan fingerprint density at radius 1 is 0.966 bits per heavy atom. The minimum Gasteiger partial charge on any atom is -0.478 e. The van der Waals surface area contributed by atoms with Crippen molar-refractivity contribution in [2.24, 2.45) is 0 Å². The van der Waals surface area contributed by atoms with Crippen LogP contribution in [0.2, 0.25) is 0 Å². The number of carbonyl (C=O) groups is 1. The first-order valence-electron chi connectivity index (χ1n) is 9.40. The standard InChI is InChI=1S/C25H20O3S/c26-25(27)22(15-8-11-18-9-2-1-3-10-18)28-21-14-6-5-13-20(21)24-17-19-12-4-7-16-23(19)29-24/h1-14,16-17,22H,15H2,(H,26,27). The van der Waals surface area contributed by atoms with Crippen LogP contribution in [0, 0.1) is 0 Å². The molecule has 144 valence electrons. The number of aliphatic carboxylic acids is 1. The van der Waals surface area contributed by atoms with E-state index < -0.39 is 12.1 Å². The van der Waals surface area contributed by atoms with Crippen LogP contribution in [0.25, 0.3) is 26.6 Å². The van der Waals surface area contributed by atoms with Gasteiger partial charge in [-0.05, 0) is 35.2 Å². The highest BCUT2D eigenvalue weighted by molar-refractivity contribution is 7.22. The van der Waals surface area contributed by atoms with E-state index in [-0.39, 0.29) is 6.42 Å². The van der Waals surface area contributed by atoms with E-state index in [4.69, 9.17) is 4.74 Å². The summed E-state index contributed by atoms with van der Waals surface area (Å²) in [6.45, 7) is 0.